The summed E-state index contributed by atoms with van der Waals surface area (Å²) in [5.41, 5.74) is 2.28. The Morgan fingerprint density at radius 1 is 1.04 bits per heavy atom. The second kappa shape index (κ2) is 8.03. The van der Waals surface area contributed by atoms with E-state index in [1.54, 1.807) is 52.8 Å². The number of carbonyl (C=O) groups excluding carboxylic acids is 2. The Kier molecular flexibility index (Phi) is 6.02. The Balaban J connectivity index is 2.71. The van der Waals surface area contributed by atoms with Gasteiger partial charge in [0, 0.05) is 30.5 Å². The van der Waals surface area contributed by atoms with Crippen molar-refractivity contribution >= 4 is 11.9 Å². The van der Waals surface area contributed by atoms with Gasteiger partial charge in [0.15, 0.2) is 5.69 Å². The number of rotatable bonds is 5. The molecule has 0 unspecified atom stereocenters. The lowest BCUT2D eigenvalue weighted by atomic mass is 9.82. The van der Waals surface area contributed by atoms with E-state index in [-0.39, 0.29) is 30.1 Å². The van der Waals surface area contributed by atoms with Crippen LogP contribution in [0.3, 0.4) is 0 Å². The monoisotopic (exact) mass is 360 g/mol. The summed E-state index contributed by atoms with van der Waals surface area (Å²) in [7, 11) is 0. The molecular weight excluding hydrogens is 336 g/mol. The van der Waals surface area contributed by atoms with Gasteiger partial charge in [0.1, 0.15) is 5.92 Å². The van der Waals surface area contributed by atoms with Gasteiger partial charge < -0.3 is 20.0 Å². The van der Waals surface area contributed by atoms with Gasteiger partial charge in [-0.1, -0.05) is 0 Å². The maximum atomic E-state index is 12.7. The lowest BCUT2D eigenvalue weighted by molar-refractivity contribution is -0.621. The molecule has 140 valence electrons. The number of aryl methyl sites for hydroxylation is 1. The molecular formula is C19H24N2O5. The third kappa shape index (κ3) is 3.56. The van der Waals surface area contributed by atoms with Crippen LogP contribution in [0.2, 0.25) is 0 Å². The molecule has 1 aliphatic heterocycles. The summed E-state index contributed by atoms with van der Waals surface area (Å²) in [6.45, 7) is 8.87. The zero-order valence-electron chi connectivity index (χ0n) is 15.7. The molecule has 0 aliphatic carbocycles. The van der Waals surface area contributed by atoms with E-state index in [4.69, 9.17) is 9.47 Å². The Labute approximate surface area is 152 Å². The average molecular weight is 360 g/mol. The lowest BCUT2D eigenvalue weighted by Crippen LogP contribution is -2.41. The standard InChI is InChI=1S/C19H24N2O5/c1-6-25-18(22)15-12(4)20-13(5)16(19(23)26-7-2)17(15)14-10-8-9-11(3)21(14)24/h8-10,17,20H,6-7H2,1-5H3. The minimum absolute atomic E-state index is 0.185. The first-order valence-corrected chi connectivity index (χ1v) is 8.55. The number of nitrogens with zero attached hydrogens (tertiary/aromatic N) is 1. The zero-order chi connectivity index (χ0) is 19.4. The van der Waals surface area contributed by atoms with Crippen molar-refractivity contribution in [3.05, 3.63) is 57.3 Å². The van der Waals surface area contributed by atoms with Crippen LogP contribution in [0.5, 0.6) is 0 Å². The van der Waals surface area contributed by atoms with Gasteiger partial charge in [-0.2, -0.15) is 4.73 Å². The van der Waals surface area contributed by atoms with Crippen molar-refractivity contribution < 1.29 is 23.8 Å². The van der Waals surface area contributed by atoms with E-state index in [9.17, 15) is 14.8 Å². The van der Waals surface area contributed by atoms with Crippen LogP contribution < -0.4 is 10.0 Å². The van der Waals surface area contributed by atoms with Crippen molar-refractivity contribution in [2.75, 3.05) is 13.2 Å². The molecule has 1 N–H and O–H groups in total. The van der Waals surface area contributed by atoms with Gasteiger partial charge in [0.05, 0.1) is 24.4 Å². The van der Waals surface area contributed by atoms with E-state index in [2.05, 4.69) is 5.32 Å². The molecule has 7 nitrogen and oxygen atoms in total. The largest absolute Gasteiger partial charge is 0.618 e. The number of ether oxygens (including phenoxy) is 2. The van der Waals surface area contributed by atoms with E-state index >= 15 is 0 Å². The normalized spacial score (nSPS) is 15.0. The smallest absolute Gasteiger partial charge is 0.336 e. The number of carbonyl (C=O) groups is 2. The molecule has 0 aromatic carbocycles. The number of esters is 2. The number of allylic oxidation sites excluding steroid dienone is 2. The zero-order valence-corrected chi connectivity index (χ0v) is 15.7. The number of pyridine rings is 1. The van der Waals surface area contributed by atoms with E-state index < -0.39 is 17.9 Å². The highest BCUT2D eigenvalue weighted by atomic mass is 16.5. The number of nitrogens with one attached hydrogen (secondary N) is 1. The van der Waals surface area contributed by atoms with E-state index in [1.165, 1.54) is 0 Å². The quantitative estimate of drug-likeness (QED) is 0.490. The molecule has 7 heteroatoms. The summed E-state index contributed by atoms with van der Waals surface area (Å²) in [5, 5.41) is 15.7. The van der Waals surface area contributed by atoms with E-state index in [0.717, 1.165) is 4.73 Å². The maximum Gasteiger partial charge on any atom is 0.336 e. The molecule has 1 aromatic heterocycles. The minimum Gasteiger partial charge on any atom is -0.618 e. The first kappa shape index (κ1) is 19.5. The van der Waals surface area contributed by atoms with Crippen molar-refractivity contribution in [3.8, 4) is 0 Å². The summed E-state index contributed by atoms with van der Waals surface area (Å²) in [5.74, 6) is -2.01. The van der Waals surface area contributed by atoms with E-state index in [1.807, 2.05) is 0 Å². The summed E-state index contributed by atoms with van der Waals surface area (Å²) >= 11 is 0. The highest BCUT2D eigenvalue weighted by Gasteiger charge is 2.42. The molecule has 0 amide bonds. The second-order valence-electron chi connectivity index (χ2n) is 5.96. The molecule has 0 radical (unpaired) electrons. The number of hydrogen-bond acceptors (Lipinski definition) is 6. The van der Waals surface area contributed by atoms with Gasteiger partial charge >= 0.3 is 11.9 Å². The first-order chi connectivity index (χ1) is 12.3. The van der Waals surface area contributed by atoms with Crippen molar-refractivity contribution in [2.24, 2.45) is 0 Å². The van der Waals surface area contributed by atoms with Crippen LogP contribution in [0.15, 0.2) is 40.7 Å². The van der Waals surface area contributed by atoms with Crippen LogP contribution in [0.1, 0.15) is 45.0 Å². The molecule has 2 heterocycles. The maximum absolute atomic E-state index is 12.7. The molecule has 1 aliphatic rings. The van der Waals surface area contributed by atoms with Crippen LogP contribution in [-0.2, 0) is 19.1 Å². The van der Waals surface area contributed by atoms with Crippen molar-refractivity contribution in [3.63, 3.8) is 0 Å². The predicted octanol–water partition coefficient (Wildman–Crippen LogP) is 1.99. The molecule has 0 atom stereocenters. The molecule has 2 rings (SSSR count). The molecule has 0 saturated carbocycles. The topological polar surface area (TPSA) is 91.6 Å². The summed E-state index contributed by atoms with van der Waals surface area (Å²) < 4.78 is 11.1. The third-order valence-electron chi connectivity index (χ3n) is 4.21. The van der Waals surface area contributed by atoms with Gasteiger partial charge in [-0.05, 0) is 33.8 Å². The Bertz CT molecular complexity index is 755. The van der Waals surface area contributed by atoms with Crippen LogP contribution in [0.25, 0.3) is 0 Å². The average Bonchev–Trinajstić information content (AvgIpc) is 2.57. The first-order valence-electron chi connectivity index (χ1n) is 8.55. The van der Waals surface area contributed by atoms with Crippen molar-refractivity contribution in [1.29, 1.82) is 0 Å². The number of dihydropyridines is 1. The molecule has 26 heavy (non-hydrogen) atoms. The van der Waals surface area contributed by atoms with Gasteiger partial charge in [0.25, 0.3) is 0 Å². The van der Waals surface area contributed by atoms with Crippen molar-refractivity contribution in [1.82, 2.24) is 5.32 Å². The van der Waals surface area contributed by atoms with Gasteiger partial charge in [-0.15, -0.1) is 0 Å². The molecule has 1 aromatic rings. The third-order valence-corrected chi connectivity index (χ3v) is 4.21. The molecule has 0 fully saturated rings. The molecule has 0 spiro atoms. The minimum atomic E-state index is -0.869. The predicted molar refractivity (Wildman–Crippen MR) is 94.7 cm³/mol. The van der Waals surface area contributed by atoms with Crippen LogP contribution in [-0.4, -0.2) is 25.2 Å². The summed E-state index contributed by atoms with van der Waals surface area (Å²) in [6, 6.07) is 4.99. The van der Waals surface area contributed by atoms with Crippen LogP contribution in [0.4, 0.5) is 0 Å². The van der Waals surface area contributed by atoms with Crippen LogP contribution in [0, 0.1) is 12.1 Å². The molecule has 0 saturated heterocycles. The highest BCUT2D eigenvalue weighted by molar-refractivity contribution is 5.99. The second-order valence-corrected chi connectivity index (χ2v) is 5.96. The van der Waals surface area contributed by atoms with Gasteiger partial charge in [-0.3, -0.25) is 0 Å². The lowest BCUT2D eigenvalue weighted by Gasteiger charge is -2.29. The van der Waals surface area contributed by atoms with Crippen LogP contribution >= 0.6 is 0 Å². The van der Waals surface area contributed by atoms with E-state index in [0.29, 0.717) is 17.1 Å². The van der Waals surface area contributed by atoms with Crippen molar-refractivity contribution in [2.45, 2.75) is 40.5 Å². The summed E-state index contributed by atoms with van der Waals surface area (Å²) in [4.78, 5) is 25.2. The summed E-state index contributed by atoms with van der Waals surface area (Å²) in [6.07, 6.45) is 0. The fourth-order valence-corrected chi connectivity index (χ4v) is 3.09. The Morgan fingerprint density at radius 2 is 1.54 bits per heavy atom. The Hall–Kier alpha value is -2.83. The highest BCUT2D eigenvalue weighted by Crippen LogP contribution is 2.38. The van der Waals surface area contributed by atoms with Gasteiger partial charge in [-0.25, -0.2) is 9.59 Å². The van der Waals surface area contributed by atoms with Gasteiger partial charge in [0.2, 0.25) is 5.69 Å². The number of aromatic nitrogens is 1. The fraction of sp³-hybridized carbons (Fsp3) is 0.421. The fourth-order valence-electron chi connectivity index (χ4n) is 3.09. The molecule has 0 bridgehead atoms. The SMILES string of the molecule is CCOC(=O)C1=C(C)NC(C)=C(C(=O)OCC)C1c1cccc(C)[n+]1[O-]. The number of hydrogen-bond donors (Lipinski definition) is 1. The Morgan fingerprint density at radius 3 is 2.00 bits per heavy atom.